The number of aromatic nitrogens is 1. The van der Waals surface area contributed by atoms with Crippen LogP contribution in [-0.2, 0) is 17.8 Å². The Balaban J connectivity index is 1.50. The molecule has 0 spiro atoms. The van der Waals surface area contributed by atoms with Crippen LogP contribution >= 0.6 is 0 Å². The van der Waals surface area contributed by atoms with Gasteiger partial charge in [0.15, 0.2) is 0 Å². The molecule has 0 radical (unpaired) electrons. The van der Waals surface area contributed by atoms with Crippen molar-refractivity contribution < 1.29 is 4.79 Å². The topological polar surface area (TPSA) is 48.5 Å². The Morgan fingerprint density at radius 1 is 1.12 bits per heavy atom. The van der Waals surface area contributed by atoms with Crippen molar-refractivity contribution in [2.75, 3.05) is 38.1 Å². The largest absolute Gasteiger partial charge is 0.354 e. The van der Waals surface area contributed by atoms with Gasteiger partial charge in [0, 0.05) is 38.9 Å². The van der Waals surface area contributed by atoms with Gasteiger partial charge in [-0.2, -0.15) is 0 Å². The smallest absolute Gasteiger partial charge is 0.224 e. The summed E-state index contributed by atoms with van der Waals surface area (Å²) in [5, 5.41) is 2.98. The van der Waals surface area contributed by atoms with Crippen LogP contribution in [0.4, 0.5) is 5.82 Å². The van der Waals surface area contributed by atoms with Crippen molar-refractivity contribution in [2.24, 2.45) is 0 Å². The molecule has 1 aliphatic heterocycles. The van der Waals surface area contributed by atoms with Gasteiger partial charge in [-0.05, 0) is 36.7 Å². The molecule has 1 N–H and O–H groups in total. The highest BCUT2D eigenvalue weighted by Crippen LogP contribution is 2.13. The molecule has 1 aromatic carbocycles. The zero-order valence-corrected chi connectivity index (χ0v) is 15.0. The average molecular weight is 338 g/mol. The van der Waals surface area contributed by atoms with Gasteiger partial charge in [0.05, 0.1) is 6.42 Å². The van der Waals surface area contributed by atoms with Gasteiger partial charge in [0.1, 0.15) is 5.82 Å². The van der Waals surface area contributed by atoms with Gasteiger partial charge in [0.25, 0.3) is 0 Å². The maximum Gasteiger partial charge on any atom is 0.224 e. The minimum atomic E-state index is 0.0393. The predicted molar refractivity (Wildman–Crippen MR) is 101 cm³/mol. The van der Waals surface area contributed by atoms with E-state index in [9.17, 15) is 4.79 Å². The molecular weight excluding hydrogens is 312 g/mol. The first-order valence-corrected chi connectivity index (χ1v) is 8.81. The Morgan fingerprint density at radius 2 is 1.88 bits per heavy atom. The predicted octanol–water partition coefficient (Wildman–Crippen LogP) is 2.00. The molecule has 1 aromatic heterocycles. The van der Waals surface area contributed by atoms with E-state index in [2.05, 4.69) is 33.2 Å². The quantitative estimate of drug-likeness (QED) is 0.906. The second-order valence-corrected chi connectivity index (χ2v) is 6.69. The molecule has 1 amide bonds. The number of hydrogen-bond acceptors (Lipinski definition) is 4. The minimum Gasteiger partial charge on any atom is -0.354 e. The summed E-state index contributed by atoms with van der Waals surface area (Å²) in [5.74, 6) is 1.06. The number of hydrogen-bond donors (Lipinski definition) is 1. The van der Waals surface area contributed by atoms with Gasteiger partial charge in [-0.3, -0.25) is 4.79 Å². The standard InChI is InChI=1S/C20H26N4O/c1-16-5-3-4-6-18(16)13-20(25)22-15-17-7-8-19(21-14-17)24-11-9-23(2)10-12-24/h3-8,14H,9-13,15H2,1-2H3,(H,22,25). The number of pyridine rings is 1. The van der Waals surface area contributed by atoms with E-state index in [4.69, 9.17) is 0 Å². The summed E-state index contributed by atoms with van der Waals surface area (Å²) in [7, 11) is 2.15. The van der Waals surface area contributed by atoms with E-state index >= 15 is 0 Å². The minimum absolute atomic E-state index is 0.0393. The SMILES string of the molecule is Cc1ccccc1CC(=O)NCc1ccc(N2CCN(C)CC2)nc1. The van der Waals surface area contributed by atoms with Crippen LogP contribution in [0.25, 0.3) is 0 Å². The molecule has 0 atom stereocenters. The zero-order valence-electron chi connectivity index (χ0n) is 15.0. The number of aryl methyl sites for hydroxylation is 1. The van der Waals surface area contributed by atoms with Gasteiger partial charge in [-0.15, -0.1) is 0 Å². The second-order valence-electron chi connectivity index (χ2n) is 6.69. The van der Waals surface area contributed by atoms with Crippen molar-refractivity contribution >= 4 is 11.7 Å². The first-order valence-electron chi connectivity index (χ1n) is 8.81. The molecule has 3 rings (SSSR count). The molecule has 1 saturated heterocycles. The maximum absolute atomic E-state index is 12.1. The summed E-state index contributed by atoms with van der Waals surface area (Å²) in [6, 6.07) is 12.1. The fraction of sp³-hybridized carbons (Fsp3) is 0.400. The van der Waals surface area contributed by atoms with Crippen LogP contribution in [0.3, 0.4) is 0 Å². The van der Waals surface area contributed by atoms with Crippen molar-refractivity contribution in [2.45, 2.75) is 19.9 Å². The van der Waals surface area contributed by atoms with E-state index in [0.717, 1.165) is 48.7 Å². The number of nitrogens with one attached hydrogen (secondary N) is 1. The lowest BCUT2D eigenvalue weighted by molar-refractivity contribution is -0.120. The number of carbonyl (C=O) groups is 1. The zero-order chi connectivity index (χ0) is 17.6. The summed E-state index contributed by atoms with van der Waals surface area (Å²) in [6.07, 6.45) is 2.28. The van der Waals surface area contributed by atoms with E-state index in [0.29, 0.717) is 13.0 Å². The van der Waals surface area contributed by atoms with Gasteiger partial charge in [0.2, 0.25) is 5.91 Å². The normalized spacial score (nSPS) is 15.2. The van der Waals surface area contributed by atoms with E-state index in [1.54, 1.807) is 0 Å². The number of anilines is 1. The number of rotatable bonds is 5. The van der Waals surface area contributed by atoms with Crippen LogP contribution in [0.5, 0.6) is 0 Å². The molecule has 0 bridgehead atoms. The van der Waals surface area contributed by atoms with Crippen LogP contribution < -0.4 is 10.2 Å². The number of nitrogens with zero attached hydrogens (tertiary/aromatic N) is 3. The lowest BCUT2D eigenvalue weighted by Crippen LogP contribution is -2.44. The van der Waals surface area contributed by atoms with Crippen LogP contribution in [0.15, 0.2) is 42.6 Å². The number of likely N-dealkylation sites (N-methyl/N-ethyl adjacent to an activating group) is 1. The fourth-order valence-electron chi connectivity index (χ4n) is 2.99. The molecule has 5 heteroatoms. The number of benzene rings is 1. The van der Waals surface area contributed by atoms with Crippen LogP contribution in [0.1, 0.15) is 16.7 Å². The summed E-state index contributed by atoms with van der Waals surface area (Å²) in [4.78, 5) is 21.3. The summed E-state index contributed by atoms with van der Waals surface area (Å²) >= 11 is 0. The third-order valence-corrected chi connectivity index (χ3v) is 4.74. The highest BCUT2D eigenvalue weighted by atomic mass is 16.1. The van der Waals surface area contributed by atoms with Crippen molar-refractivity contribution in [3.05, 3.63) is 59.3 Å². The van der Waals surface area contributed by atoms with Crippen molar-refractivity contribution in [3.8, 4) is 0 Å². The first-order chi connectivity index (χ1) is 12.1. The van der Waals surface area contributed by atoms with Crippen LogP contribution in [0, 0.1) is 6.92 Å². The van der Waals surface area contributed by atoms with Crippen LogP contribution in [-0.4, -0.2) is 49.0 Å². The van der Waals surface area contributed by atoms with Crippen molar-refractivity contribution in [3.63, 3.8) is 0 Å². The Labute approximate surface area is 149 Å². The highest BCUT2D eigenvalue weighted by molar-refractivity contribution is 5.78. The molecule has 2 heterocycles. The summed E-state index contributed by atoms with van der Waals surface area (Å²) < 4.78 is 0. The van der Waals surface area contributed by atoms with Gasteiger partial charge in [-0.1, -0.05) is 30.3 Å². The summed E-state index contributed by atoms with van der Waals surface area (Å²) in [6.45, 7) is 6.70. The third-order valence-electron chi connectivity index (χ3n) is 4.74. The summed E-state index contributed by atoms with van der Waals surface area (Å²) in [5.41, 5.74) is 3.25. The molecule has 0 unspecified atom stereocenters. The molecule has 0 saturated carbocycles. The van der Waals surface area contributed by atoms with Crippen molar-refractivity contribution in [1.82, 2.24) is 15.2 Å². The second kappa shape index (κ2) is 8.12. The van der Waals surface area contributed by atoms with Gasteiger partial charge < -0.3 is 15.1 Å². The fourth-order valence-corrected chi connectivity index (χ4v) is 2.99. The van der Waals surface area contributed by atoms with Gasteiger partial charge >= 0.3 is 0 Å². The molecule has 25 heavy (non-hydrogen) atoms. The molecule has 5 nitrogen and oxygen atoms in total. The molecule has 2 aromatic rings. The van der Waals surface area contributed by atoms with E-state index < -0.39 is 0 Å². The Hall–Kier alpha value is -2.40. The lowest BCUT2D eigenvalue weighted by Gasteiger charge is -2.33. The first kappa shape index (κ1) is 17.4. The number of carbonyl (C=O) groups excluding carboxylic acids is 1. The van der Waals surface area contributed by atoms with Crippen molar-refractivity contribution in [1.29, 1.82) is 0 Å². The number of piperazine rings is 1. The molecule has 132 valence electrons. The molecular formula is C20H26N4O. The van der Waals surface area contributed by atoms with E-state index in [1.165, 1.54) is 0 Å². The third kappa shape index (κ3) is 4.79. The Kier molecular flexibility index (Phi) is 5.66. The monoisotopic (exact) mass is 338 g/mol. The average Bonchev–Trinajstić information content (AvgIpc) is 2.63. The maximum atomic E-state index is 12.1. The molecule has 0 aliphatic carbocycles. The highest BCUT2D eigenvalue weighted by Gasteiger charge is 2.15. The lowest BCUT2D eigenvalue weighted by atomic mass is 10.1. The Morgan fingerprint density at radius 3 is 2.56 bits per heavy atom. The Bertz CT molecular complexity index is 706. The van der Waals surface area contributed by atoms with E-state index in [1.807, 2.05) is 43.5 Å². The van der Waals surface area contributed by atoms with Crippen LogP contribution in [0.2, 0.25) is 0 Å². The van der Waals surface area contributed by atoms with Gasteiger partial charge in [-0.25, -0.2) is 4.98 Å². The number of amides is 1. The molecule has 1 fully saturated rings. The molecule has 1 aliphatic rings. The van der Waals surface area contributed by atoms with E-state index in [-0.39, 0.29) is 5.91 Å².